The average molecular weight is 332 g/mol. The van der Waals surface area contributed by atoms with Gasteiger partial charge in [-0.1, -0.05) is 6.07 Å². The van der Waals surface area contributed by atoms with Gasteiger partial charge < -0.3 is 24.5 Å². The summed E-state index contributed by atoms with van der Waals surface area (Å²) in [5, 5.41) is 10.0. The molecule has 1 amide bonds. The molecule has 1 saturated heterocycles. The highest BCUT2D eigenvalue weighted by atomic mass is 16.5. The molecular weight excluding hydrogens is 312 g/mol. The van der Waals surface area contributed by atoms with Crippen molar-refractivity contribution < 1.29 is 24.2 Å². The van der Waals surface area contributed by atoms with Gasteiger partial charge in [-0.2, -0.15) is 0 Å². The normalized spacial score (nSPS) is 21.0. The highest BCUT2D eigenvalue weighted by Gasteiger charge is 2.32. The molecule has 1 aliphatic heterocycles. The molecule has 0 aliphatic carbocycles. The van der Waals surface area contributed by atoms with Crippen molar-refractivity contribution in [2.24, 2.45) is 0 Å². The van der Waals surface area contributed by atoms with Gasteiger partial charge in [0.1, 0.15) is 5.75 Å². The monoisotopic (exact) mass is 332 g/mol. The number of methoxy groups -OCH3 is 1. The minimum Gasteiger partial charge on any atom is -0.496 e. The lowest BCUT2D eigenvalue weighted by Crippen LogP contribution is -2.52. The Kier molecular flexibility index (Phi) is 4.44. The Balaban J connectivity index is 1.81. The third kappa shape index (κ3) is 3.07. The number of nitrogens with zero attached hydrogens (tertiary/aromatic N) is 1. The number of carbonyl (C=O) groups excluding carboxylic acids is 1. The molecule has 2 N–H and O–H groups in total. The Morgan fingerprint density at radius 1 is 1.42 bits per heavy atom. The standard InChI is InChI=1S/C17H20N2O5/c1-10-8-19(9-14(24-10)17(21)22)15(20)6-11-7-18-12-4-3-5-13(23-2)16(11)12/h3-5,7,10,14,18H,6,8-9H2,1-2H3,(H,21,22)/t10-,14?/m1/s1. The van der Waals surface area contributed by atoms with Gasteiger partial charge in [-0.25, -0.2) is 4.79 Å². The van der Waals surface area contributed by atoms with Crippen LogP contribution in [-0.4, -0.2) is 59.3 Å². The highest BCUT2D eigenvalue weighted by Crippen LogP contribution is 2.29. The van der Waals surface area contributed by atoms with Gasteiger partial charge in [0, 0.05) is 23.6 Å². The van der Waals surface area contributed by atoms with E-state index in [0.717, 1.165) is 16.5 Å². The minimum absolute atomic E-state index is 0.0675. The first-order valence-electron chi connectivity index (χ1n) is 7.78. The number of amides is 1. The van der Waals surface area contributed by atoms with E-state index in [0.29, 0.717) is 12.3 Å². The van der Waals surface area contributed by atoms with Crippen LogP contribution in [0.3, 0.4) is 0 Å². The molecule has 0 spiro atoms. The van der Waals surface area contributed by atoms with E-state index in [1.165, 1.54) is 0 Å². The van der Waals surface area contributed by atoms with Crippen LogP contribution in [0.15, 0.2) is 24.4 Å². The smallest absolute Gasteiger partial charge is 0.334 e. The number of rotatable bonds is 4. The van der Waals surface area contributed by atoms with Crippen molar-refractivity contribution >= 4 is 22.8 Å². The molecule has 1 aromatic carbocycles. The zero-order valence-corrected chi connectivity index (χ0v) is 13.6. The molecule has 2 heterocycles. The fourth-order valence-corrected chi connectivity index (χ4v) is 3.10. The molecular formula is C17H20N2O5. The molecule has 3 rings (SSSR count). The Morgan fingerprint density at radius 2 is 2.21 bits per heavy atom. The maximum atomic E-state index is 12.6. The number of aromatic amines is 1. The number of morpholine rings is 1. The predicted molar refractivity (Wildman–Crippen MR) is 87.1 cm³/mol. The van der Waals surface area contributed by atoms with Gasteiger partial charge in [0.2, 0.25) is 5.91 Å². The van der Waals surface area contributed by atoms with Crippen molar-refractivity contribution in [2.45, 2.75) is 25.6 Å². The van der Waals surface area contributed by atoms with Crippen molar-refractivity contribution in [1.82, 2.24) is 9.88 Å². The number of carboxylic acid groups (broad SMARTS) is 1. The zero-order chi connectivity index (χ0) is 17.3. The molecule has 24 heavy (non-hydrogen) atoms. The Morgan fingerprint density at radius 3 is 2.92 bits per heavy atom. The quantitative estimate of drug-likeness (QED) is 0.883. The second-order valence-corrected chi connectivity index (χ2v) is 5.95. The number of hydrogen-bond donors (Lipinski definition) is 2. The molecule has 0 saturated carbocycles. The highest BCUT2D eigenvalue weighted by molar-refractivity contribution is 5.93. The van der Waals surface area contributed by atoms with Crippen LogP contribution >= 0.6 is 0 Å². The molecule has 1 unspecified atom stereocenters. The minimum atomic E-state index is -1.05. The summed E-state index contributed by atoms with van der Waals surface area (Å²) in [6.45, 7) is 2.23. The first kappa shape index (κ1) is 16.3. The number of hydrogen-bond acceptors (Lipinski definition) is 4. The second-order valence-electron chi connectivity index (χ2n) is 5.95. The second kappa shape index (κ2) is 6.52. The number of carbonyl (C=O) groups is 2. The maximum absolute atomic E-state index is 12.6. The fourth-order valence-electron chi connectivity index (χ4n) is 3.10. The van der Waals surface area contributed by atoms with Crippen LogP contribution in [0.2, 0.25) is 0 Å². The van der Waals surface area contributed by atoms with E-state index < -0.39 is 12.1 Å². The van der Waals surface area contributed by atoms with E-state index in [4.69, 9.17) is 14.6 Å². The van der Waals surface area contributed by atoms with Gasteiger partial charge in [0.25, 0.3) is 0 Å². The number of ether oxygens (including phenoxy) is 2. The Labute approximate surface area is 139 Å². The molecule has 0 radical (unpaired) electrons. The summed E-state index contributed by atoms with van der Waals surface area (Å²) >= 11 is 0. The molecule has 2 atom stereocenters. The number of carboxylic acids is 1. The number of aromatic nitrogens is 1. The van der Waals surface area contributed by atoms with E-state index in [-0.39, 0.29) is 25.0 Å². The summed E-state index contributed by atoms with van der Waals surface area (Å²) in [6.07, 6.45) is 0.694. The zero-order valence-electron chi connectivity index (χ0n) is 13.6. The van der Waals surface area contributed by atoms with Crippen molar-refractivity contribution in [3.8, 4) is 5.75 Å². The number of aliphatic carboxylic acids is 1. The predicted octanol–water partition coefficient (Wildman–Crippen LogP) is 1.42. The molecule has 2 aromatic rings. The SMILES string of the molecule is COc1cccc2[nH]cc(CC(=O)N3CC(C(=O)O)O[C@H](C)C3)c12. The van der Waals surface area contributed by atoms with Crippen molar-refractivity contribution in [1.29, 1.82) is 0 Å². The molecule has 1 aromatic heterocycles. The van der Waals surface area contributed by atoms with E-state index in [1.807, 2.05) is 18.2 Å². The van der Waals surface area contributed by atoms with Crippen LogP contribution in [-0.2, 0) is 20.7 Å². The Bertz CT molecular complexity index is 769. The van der Waals surface area contributed by atoms with E-state index >= 15 is 0 Å². The van der Waals surface area contributed by atoms with Gasteiger partial charge in [0.05, 0.1) is 26.2 Å². The summed E-state index contributed by atoms with van der Waals surface area (Å²) in [4.78, 5) is 28.5. The van der Waals surface area contributed by atoms with Gasteiger partial charge in [-0.15, -0.1) is 0 Å². The number of nitrogens with one attached hydrogen (secondary N) is 1. The summed E-state index contributed by atoms with van der Waals surface area (Å²) in [5.41, 5.74) is 1.73. The molecule has 1 fully saturated rings. The van der Waals surface area contributed by atoms with E-state index in [2.05, 4.69) is 4.98 Å². The molecule has 7 nitrogen and oxygen atoms in total. The number of benzene rings is 1. The van der Waals surface area contributed by atoms with Gasteiger partial charge in [-0.05, 0) is 24.6 Å². The van der Waals surface area contributed by atoms with Crippen LogP contribution < -0.4 is 4.74 Å². The topological polar surface area (TPSA) is 91.9 Å². The lowest BCUT2D eigenvalue weighted by atomic mass is 10.1. The molecule has 7 heteroatoms. The van der Waals surface area contributed by atoms with Gasteiger partial charge in [0.15, 0.2) is 6.10 Å². The lowest BCUT2D eigenvalue weighted by molar-refractivity contribution is -0.166. The first-order valence-corrected chi connectivity index (χ1v) is 7.78. The average Bonchev–Trinajstić information content (AvgIpc) is 2.97. The van der Waals surface area contributed by atoms with E-state index in [9.17, 15) is 9.59 Å². The lowest BCUT2D eigenvalue weighted by Gasteiger charge is -2.35. The van der Waals surface area contributed by atoms with Crippen LogP contribution in [0.25, 0.3) is 10.9 Å². The van der Waals surface area contributed by atoms with Crippen molar-refractivity contribution in [3.63, 3.8) is 0 Å². The fraction of sp³-hybridized carbons (Fsp3) is 0.412. The van der Waals surface area contributed by atoms with Crippen molar-refractivity contribution in [2.75, 3.05) is 20.2 Å². The molecule has 128 valence electrons. The molecule has 1 aliphatic rings. The largest absolute Gasteiger partial charge is 0.496 e. The number of H-pyrrole nitrogens is 1. The summed E-state index contributed by atoms with van der Waals surface area (Å²) in [7, 11) is 1.59. The van der Waals surface area contributed by atoms with Crippen LogP contribution in [0.5, 0.6) is 5.75 Å². The van der Waals surface area contributed by atoms with Crippen LogP contribution in [0.1, 0.15) is 12.5 Å². The van der Waals surface area contributed by atoms with Gasteiger partial charge >= 0.3 is 5.97 Å². The summed E-state index contributed by atoms with van der Waals surface area (Å²) in [5.74, 6) is -0.466. The third-order valence-corrected chi connectivity index (χ3v) is 4.20. The molecule has 0 bridgehead atoms. The van der Waals surface area contributed by atoms with Crippen LogP contribution in [0, 0.1) is 0 Å². The maximum Gasteiger partial charge on any atom is 0.334 e. The Hall–Kier alpha value is -2.54. The summed E-state index contributed by atoms with van der Waals surface area (Å²) < 4.78 is 10.7. The van der Waals surface area contributed by atoms with Gasteiger partial charge in [-0.3, -0.25) is 4.79 Å². The number of fused-ring (bicyclic) bond motifs is 1. The summed E-state index contributed by atoms with van der Waals surface area (Å²) in [6, 6.07) is 5.65. The first-order chi connectivity index (χ1) is 11.5. The van der Waals surface area contributed by atoms with Crippen molar-refractivity contribution in [3.05, 3.63) is 30.0 Å². The van der Waals surface area contributed by atoms with Crippen LogP contribution in [0.4, 0.5) is 0 Å². The van der Waals surface area contributed by atoms with E-state index in [1.54, 1.807) is 25.1 Å². The third-order valence-electron chi connectivity index (χ3n) is 4.20.